The zero-order valence-electron chi connectivity index (χ0n) is 12.6. The Labute approximate surface area is 136 Å². The molecule has 0 saturated heterocycles. The number of ether oxygens (including phenoxy) is 2. The molecular formula is C15H16F2N2O3S. The summed E-state index contributed by atoms with van der Waals surface area (Å²) in [6.45, 7) is -0.605. The third-order valence-electron chi connectivity index (χ3n) is 2.98. The molecule has 2 rings (SSSR count). The van der Waals surface area contributed by atoms with Crippen LogP contribution in [0.15, 0.2) is 23.6 Å². The average molecular weight is 342 g/mol. The second-order valence-electron chi connectivity index (χ2n) is 4.61. The fourth-order valence-electron chi connectivity index (χ4n) is 1.93. The van der Waals surface area contributed by atoms with Gasteiger partial charge in [-0.2, -0.15) is 8.78 Å². The van der Waals surface area contributed by atoms with Crippen LogP contribution >= 0.6 is 11.3 Å². The molecule has 0 radical (unpaired) electrons. The number of alkyl halides is 2. The topological polar surface area (TPSA) is 60.5 Å². The van der Waals surface area contributed by atoms with Crippen LogP contribution in [0.5, 0.6) is 11.5 Å². The van der Waals surface area contributed by atoms with Gasteiger partial charge in [0, 0.05) is 23.9 Å². The number of hydrogen-bond acceptors (Lipinski definition) is 5. The summed E-state index contributed by atoms with van der Waals surface area (Å²) in [5, 5.41) is 5.67. The molecule has 1 heterocycles. The zero-order chi connectivity index (χ0) is 16.8. The van der Waals surface area contributed by atoms with Crippen molar-refractivity contribution >= 4 is 17.2 Å². The van der Waals surface area contributed by atoms with Crippen molar-refractivity contribution in [2.24, 2.45) is 0 Å². The Morgan fingerprint density at radius 2 is 2.17 bits per heavy atom. The molecule has 0 unspecified atom stereocenters. The number of hydrogen-bond donors (Lipinski definition) is 1. The molecule has 1 aromatic carbocycles. The predicted octanol–water partition coefficient (Wildman–Crippen LogP) is 3.03. The molecule has 0 aliphatic carbocycles. The van der Waals surface area contributed by atoms with Crippen molar-refractivity contribution < 1.29 is 23.0 Å². The molecule has 0 aliphatic heterocycles. The molecule has 0 fully saturated rings. The van der Waals surface area contributed by atoms with Crippen LogP contribution in [0.1, 0.15) is 21.1 Å². The Hall–Kier alpha value is -2.22. The van der Waals surface area contributed by atoms with Crippen molar-refractivity contribution in [3.05, 3.63) is 39.8 Å². The summed E-state index contributed by atoms with van der Waals surface area (Å²) in [7, 11) is 1.32. The molecule has 8 heteroatoms. The van der Waals surface area contributed by atoms with Crippen LogP contribution in [0.2, 0.25) is 0 Å². The minimum Gasteiger partial charge on any atom is -0.493 e. The molecule has 5 nitrogen and oxygen atoms in total. The molecule has 0 aliphatic rings. The Morgan fingerprint density at radius 1 is 1.39 bits per heavy atom. The van der Waals surface area contributed by atoms with Gasteiger partial charge in [-0.3, -0.25) is 4.79 Å². The van der Waals surface area contributed by atoms with E-state index >= 15 is 0 Å². The van der Waals surface area contributed by atoms with Gasteiger partial charge in [-0.1, -0.05) is 0 Å². The number of methoxy groups -OCH3 is 1. The van der Waals surface area contributed by atoms with Gasteiger partial charge in [0.25, 0.3) is 5.91 Å². The molecule has 0 atom stereocenters. The summed E-state index contributed by atoms with van der Waals surface area (Å²) in [4.78, 5) is 16.4. The van der Waals surface area contributed by atoms with E-state index in [1.807, 2.05) is 12.3 Å². The molecule has 23 heavy (non-hydrogen) atoms. The minimum atomic E-state index is -2.95. The summed E-state index contributed by atoms with van der Waals surface area (Å²) >= 11 is 1.56. The molecular weight excluding hydrogens is 326 g/mol. The number of rotatable bonds is 7. The number of nitrogens with one attached hydrogen (secondary N) is 1. The lowest BCUT2D eigenvalue weighted by Gasteiger charge is -2.11. The quantitative estimate of drug-likeness (QED) is 0.840. The Kier molecular flexibility index (Phi) is 5.86. The van der Waals surface area contributed by atoms with Crippen molar-refractivity contribution in [1.29, 1.82) is 0 Å². The summed E-state index contributed by atoms with van der Waals surface area (Å²) in [6, 6.07) is 4.05. The smallest absolute Gasteiger partial charge is 0.387 e. The van der Waals surface area contributed by atoms with Crippen LogP contribution in [0.4, 0.5) is 8.78 Å². The maximum atomic E-state index is 12.3. The summed E-state index contributed by atoms with van der Waals surface area (Å²) < 4.78 is 33.8. The van der Waals surface area contributed by atoms with Crippen LogP contribution in [0.25, 0.3) is 0 Å². The third-order valence-corrected chi connectivity index (χ3v) is 3.80. The summed E-state index contributed by atoms with van der Waals surface area (Å²) in [5.74, 6) is -0.357. The number of aromatic nitrogens is 1. The zero-order valence-corrected chi connectivity index (χ0v) is 13.5. The van der Waals surface area contributed by atoms with Gasteiger partial charge in [-0.15, -0.1) is 11.3 Å². The minimum absolute atomic E-state index is 0.0769. The molecule has 0 saturated carbocycles. The number of halogens is 2. The van der Waals surface area contributed by atoms with Gasteiger partial charge in [-0.05, 0) is 25.1 Å². The maximum Gasteiger partial charge on any atom is 0.387 e. The van der Waals surface area contributed by atoms with E-state index in [1.165, 1.54) is 25.3 Å². The van der Waals surface area contributed by atoms with Gasteiger partial charge in [0.15, 0.2) is 11.5 Å². The molecule has 1 aromatic heterocycles. The van der Waals surface area contributed by atoms with Gasteiger partial charge in [-0.25, -0.2) is 4.98 Å². The van der Waals surface area contributed by atoms with Crippen molar-refractivity contribution in [2.45, 2.75) is 20.0 Å². The van der Waals surface area contributed by atoms with Crippen LogP contribution in [-0.4, -0.2) is 31.2 Å². The molecule has 0 spiro atoms. The third kappa shape index (κ3) is 4.88. The van der Waals surface area contributed by atoms with E-state index < -0.39 is 6.61 Å². The van der Waals surface area contributed by atoms with Crippen LogP contribution in [0, 0.1) is 6.92 Å². The fourth-order valence-corrected chi connectivity index (χ4v) is 2.58. The van der Waals surface area contributed by atoms with Gasteiger partial charge >= 0.3 is 6.61 Å². The highest BCUT2D eigenvalue weighted by Crippen LogP contribution is 2.29. The SMILES string of the molecule is COc1cc(C(=O)NCCc2csc(C)n2)ccc1OC(F)F. The van der Waals surface area contributed by atoms with E-state index in [0.29, 0.717) is 18.5 Å². The van der Waals surface area contributed by atoms with E-state index in [2.05, 4.69) is 15.0 Å². The molecule has 124 valence electrons. The standard InChI is InChI=1S/C15H16F2N2O3S/c1-9-19-11(8-23-9)5-6-18-14(20)10-3-4-12(22-15(16)17)13(7-10)21-2/h3-4,7-8,15H,5-6H2,1-2H3,(H,18,20). The average Bonchev–Trinajstić information content (AvgIpc) is 2.92. The normalized spacial score (nSPS) is 10.7. The molecule has 1 N–H and O–H groups in total. The van der Waals surface area contributed by atoms with E-state index in [9.17, 15) is 13.6 Å². The molecule has 2 aromatic rings. The van der Waals surface area contributed by atoms with Gasteiger partial charge < -0.3 is 14.8 Å². The van der Waals surface area contributed by atoms with Crippen molar-refractivity contribution in [2.75, 3.05) is 13.7 Å². The van der Waals surface area contributed by atoms with E-state index in [4.69, 9.17) is 4.74 Å². The first-order chi connectivity index (χ1) is 11.0. The highest BCUT2D eigenvalue weighted by molar-refractivity contribution is 7.09. The number of aryl methyl sites for hydroxylation is 1. The molecule has 0 bridgehead atoms. The van der Waals surface area contributed by atoms with Crippen LogP contribution < -0.4 is 14.8 Å². The maximum absolute atomic E-state index is 12.3. The van der Waals surface area contributed by atoms with Gasteiger partial charge in [0.05, 0.1) is 17.8 Å². The predicted molar refractivity (Wildman–Crippen MR) is 82.5 cm³/mol. The lowest BCUT2D eigenvalue weighted by molar-refractivity contribution is -0.0512. The van der Waals surface area contributed by atoms with Crippen molar-refractivity contribution in [3.8, 4) is 11.5 Å². The number of amides is 1. The summed E-state index contributed by atoms with van der Waals surface area (Å²) in [6.07, 6.45) is 0.625. The largest absolute Gasteiger partial charge is 0.493 e. The number of benzene rings is 1. The second kappa shape index (κ2) is 7.87. The highest BCUT2D eigenvalue weighted by Gasteiger charge is 2.14. The Morgan fingerprint density at radius 3 is 2.78 bits per heavy atom. The number of thiazole rings is 1. The van der Waals surface area contributed by atoms with Gasteiger partial charge in [0.1, 0.15) is 0 Å². The lowest BCUT2D eigenvalue weighted by Crippen LogP contribution is -2.25. The first-order valence-electron chi connectivity index (χ1n) is 6.81. The van der Waals surface area contributed by atoms with Crippen molar-refractivity contribution in [3.63, 3.8) is 0 Å². The highest BCUT2D eigenvalue weighted by atomic mass is 32.1. The Bertz CT molecular complexity index is 676. The number of carbonyl (C=O) groups excluding carboxylic acids is 1. The van der Waals surface area contributed by atoms with Crippen molar-refractivity contribution in [1.82, 2.24) is 10.3 Å². The fraction of sp³-hybridized carbons (Fsp3) is 0.333. The van der Waals surface area contributed by atoms with Crippen LogP contribution in [0.3, 0.4) is 0 Å². The van der Waals surface area contributed by atoms with E-state index in [-0.39, 0.29) is 17.4 Å². The van der Waals surface area contributed by atoms with Crippen LogP contribution in [-0.2, 0) is 6.42 Å². The number of nitrogens with zero attached hydrogens (tertiary/aromatic N) is 1. The first-order valence-corrected chi connectivity index (χ1v) is 7.69. The first kappa shape index (κ1) is 17.1. The number of carbonyl (C=O) groups is 1. The Balaban J connectivity index is 1.96. The summed E-state index contributed by atoms with van der Waals surface area (Å²) in [5.41, 5.74) is 1.23. The second-order valence-corrected chi connectivity index (χ2v) is 5.67. The molecule has 1 amide bonds. The lowest BCUT2D eigenvalue weighted by atomic mass is 10.2. The van der Waals surface area contributed by atoms with E-state index in [1.54, 1.807) is 11.3 Å². The monoisotopic (exact) mass is 342 g/mol. The van der Waals surface area contributed by atoms with E-state index in [0.717, 1.165) is 10.7 Å². The van der Waals surface area contributed by atoms with Gasteiger partial charge in [0.2, 0.25) is 0 Å².